The molecule has 0 saturated heterocycles. The fraction of sp³-hybridized carbons (Fsp3) is 0.625. The van der Waals surface area contributed by atoms with Gasteiger partial charge < -0.3 is 10.4 Å². The minimum absolute atomic E-state index is 0.519. The average Bonchev–Trinajstić information content (AvgIpc) is 2.94. The lowest BCUT2D eigenvalue weighted by atomic mass is 10.0. The molecular formula is C16H23Cl2NO. The highest BCUT2D eigenvalue weighted by Crippen LogP contribution is 2.28. The summed E-state index contributed by atoms with van der Waals surface area (Å²) in [5.74, 6) is 0.934. The topological polar surface area (TPSA) is 32.3 Å². The van der Waals surface area contributed by atoms with Gasteiger partial charge in [0.1, 0.15) is 0 Å². The predicted molar refractivity (Wildman–Crippen MR) is 85.5 cm³/mol. The second-order valence-electron chi connectivity index (χ2n) is 5.68. The first-order valence-corrected chi connectivity index (χ1v) is 8.26. The highest BCUT2D eigenvalue weighted by atomic mass is 35.5. The van der Waals surface area contributed by atoms with E-state index in [1.54, 1.807) is 18.2 Å². The first-order chi connectivity index (χ1) is 9.66. The molecule has 2 nitrogen and oxygen atoms in total. The largest absolute Gasteiger partial charge is 0.387 e. The molecule has 1 aliphatic carbocycles. The number of aliphatic hydroxyl groups is 1. The van der Waals surface area contributed by atoms with Gasteiger partial charge in [0.15, 0.2) is 0 Å². The summed E-state index contributed by atoms with van der Waals surface area (Å²) < 4.78 is 0. The quantitative estimate of drug-likeness (QED) is 0.721. The molecule has 1 aromatic rings. The summed E-state index contributed by atoms with van der Waals surface area (Å²) >= 11 is 12.0. The summed E-state index contributed by atoms with van der Waals surface area (Å²) in [6.45, 7) is 1.47. The lowest BCUT2D eigenvalue weighted by molar-refractivity contribution is 0.174. The van der Waals surface area contributed by atoms with E-state index in [2.05, 4.69) is 5.32 Å². The lowest BCUT2D eigenvalue weighted by Crippen LogP contribution is -2.23. The van der Waals surface area contributed by atoms with E-state index >= 15 is 0 Å². The summed E-state index contributed by atoms with van der Waals surface area (Å²) in [4.78, 5) is 0. The van der Waals surface area contributed by atoms with Gasteiger partial charge in [-0.2, -0.15) is 0 Å². The van der Waals surface area contributed by atoms with E-state index in [0.717, 1.165) is 12.5 Å². The molecule has 0 spiro atoms. The van der Waals surface area contributed by atoms with E-state index in [9.17, 15) is 5.11 Å². The van der Waals surface area contributed by atoms with E-state index in [0.29, 0.717) is 22.2 Å². The van der Waals surface area contributed by atoms with Gasteiger partial charge in [-0.05, 0) is 43.5 Å². The molecule has 1 saturated carbocycles. The van der Waals surface area contributed by atoms with Gasteiger partial charge in [0.25, 0.3) is 0 Å². The number of halogens is 2. The third-order valence-corrected chi connectivity index (χ3v) is 4.67. The van der Waals surface area contributed by atoms with Gasteiger partial charge in [0, 0.05) is 22.2 Å². The Hall–Kier alpha value is -0.280. The van der Waals surface area contributed by atoms with Gasteiger partial charge in [-0.1, -0.05) is 48.9 Å². The Labute approximate surface area is 131 Å². The Kier molecular flexibility index (Phi) is 6.63. The Balaban J connectivity index is 1.66. The van der Waals surface area contributed by atoms with Crippen LogP contribution in [0.5, 0.6) is 0 Å². The number of aliphatic hydroxyl groups excluding tert-OH is 1. The maximum absolute atomic E-state index is 10.1. The molecule has 0 aliphatic heterocycles. The minimum Gasteiger partial charge on any atom is -0.387 e. The standard InChI is InChI=1S/C16H23Cl2NO/c17-13-7-8-15(18)14(10-13)16(20)11-19-9-3-6-12-4-1-2-5-12/h7-8,10,12,16,19-20H,1-6,9,11H2. The Morgan fingerprint density at radius 1 is 1.25 bits per heavy atom. The van der Waals surface area contributed by atoms with Gasteiger partial charge in [-0.25, -0.2) is 0 Å². The molecular weight excluding hydrogens is 293 g/mol. The molecule has 1 atom stereocenters. The molecule has 112 valence electrons. The molecule has 1 fully saturated rings. The van der Waals surface area contributed by atoms with Crippen LogP contribution in [0.15, 0.2) is 18.2 Å². The van der Waals surface area contributed by atoms with Crippen molar-refractivity contribution in [3.63, 3.8) is 0 Å². The van der Waals surface area contributed by atoms with Crippen molar-refractivity contribution in [2.75, 3.05) is 13.1 Å². The summed E-state index contributed by atoms with van der Waals surface area (Å²) in [5.41, 5.74) is 0.697. The number of rotatable bonds is 7. The number of hydrogen-bond donors (Lipinski definition) is 2. The van der Waals surface area contributed by atoms with Gasteiger partial charge in [-0.15, -0.1) is 0 Å². The van der Waals surface area contributed by atoms with Crippen LogP contribution in [0.3, 0.4) is 0 Å². The first-order valence-electron chi connectivity index (χ1n) is 7.50. The molecule has 1 unspecified atom stereocenters. The van der Waals surface area contributed by atoms with E-state index in [4.69, 9.17) is 23.2 Å². The molecule has 0 aromatic heterocycles. The maximum atomic E-state index is 10.1. The average molecular weight is 316 g/mol. The fourth-order valence-corrected chi connectivity index (χ4v) is 3.36. The van der Waals surface area contributed by atoms with Crippen LogP contribution in [0, 0.1) is 5.92 Å². The van der Waals surface area contributed by atoms with Crippen LogP contribution in [0.25, 0.3) is 0 Å². The van der Waals surface area contributed by atoms with Crippen molar-refractivity contribution in [3.05, 3.63) is 33.8 Å². The zero-order valence-electron chi connectivity index (χ0n) is 11.7. The van der Waals surface area contributed by atoms with Crippen molar-refractivity contribution in [2.45, 2.75) is 44.6 Å². The SMILES string of the molecule is OC(CNCCCC1CCCC1)c1cc(Cl)ccc1Cl. The van der Waals surface area contributed by atoms with Crippen molar-refractivity contribution in [2.24, 2.45) is 5.92 Å². The zero-order chi connectivity index (χ0) is 14.4. The van der Waals surface area contributed by atoms with Crippen molar-refractivity contribution < 1.29 is 5.11 Å². The minimum atomic E-state index is -0.604. The molecule has 20 heavy (non-hydrogen) atoms. The highest BCUT2D eigenvalue weighted by Gasteiger charge is 2.14. The molecule has 0 heterocycles. The van der Waals surface area contributed by atoms with Crippen LogP contribution >= 0.6 is 23.2 Å². The van der Waals surface area contributed by atoms with Crippen LogP contribution in [-0.2, 0) is 0 Å². The lowest BCUT2D eigenvalue weighted by Gasteiger charge is -2.15. The van der Waals surface area contributed by atoms with Gasteiger partial charge in [0.2, 0.25) is 0 Å². The number of hydrogen-bond acceptors (Lipinski definition) is 2. The Bertz CT molecular complexity index is 419. The normalized spacial score (nSPS) is 17.6. The Morgan fingerprint density at radius 2 is 2.00 bits per heavy atom. The number of nitrogens with one attached hydrogen (secondary N) is 1. The zero-order valence-corrected chi connectivity index (χ0v) is 13.3. The van der Waals surface area contributed by atoms with E-state index < -0.39 is 6.10 Å². The molecule has 0 radical (unpaired) electrons. The van der Waals surface area contributed by atoms with Crippen LogP contribution in [0.2, 0.25) is 10.0 Å². The summed E-state index contributed by atoms with van der Waals surface area (Å²) in [6.07, 6.45) is 7.50. The van der Waals surface area contributed by atoms with Gasteiger partial charge >= 0.3 is 0 Å². The third kappa shape index (κ3) is 4.92. The van der Waals surface area contributed by atoms with E-state index in [-0.39, 0.29) is 0 Å². The molecule has 0 amide bonds. The van der Waals surface area contributed by atoms with Crippen molar-refractivity contribution in [1.29, 1.82) is 0 Å². The number of benzene rings is 1. The maximum Gasteiger partial charge on any atom is 0.0929 e. The van der Waals surface area contributed by atoms with Crippen LogP contribution < -0.4 is 5.32 Å². The molecule has 1 aromatic carbocycles. The summed E-state index contributed by atoms with van der Waals surface area (Å²) in [7, 11) is 0. The monoisotopic (exact) mass is 315 g/mol. The van der Waals surface area contributed by atoms with Crippen LogP contribution in [0.4, 0.5) is 0 Å². The summed E-state index contributed by atoms with van der Waals surface area (Å²) in [6, 6.07) is 5.19. The Morgan fingerprint density at radius 3 is 2.75 bits per heavy atom. The second-order valence-corrected chi connectivity index (χ2v) is 6.52. The molecule has 2 N–H and O–H groups in total. The molecule has 4 heteroatoms. The third-order valence-electron chi connectivity index (χ3n) is 4.10. The van der Waals surface area contributed by atoms with Gasteiger partial charge in [0.05, 0.1) is 6.10 Å². The summed E-state index contributed by atoms with van der Waals surface area (Å²) in [5, 5.41) is 14.6. The fourth-order valence-electron chi connectivity index (χ4n) is 2.93. The smallest absolute Gasteiger partial charge is 0.0929 e. The van der Waals surface area contributed by atoms with Crippen LogP contribution in [-0.4, -0.2) is 18.2 Å². The molecule has 2 rings (SSSR count). The van der Waals surface area contributed by atoms with Crippen molar-refractivity contribution in [3.8, 4) is 0 Å². The van der Waals surface area contributed by atoms with Crippen molar-refractivity contribution >= 4 is 23.2 Å². The first kappa shape index (κ1) is 16.1. The molecule has 0 bridgehead atoms. The second kappa shape index (κ2) is 8.23. The molecule has 1 aliphatic rings. The highest BCUT2D eigenvalue weighted by molar-refractivity contribution is 6.33. The van der Waals surface area contributed by atoms with Crippen LogP contribution in [0.1, 0.15) is 50.2 Å². The van der Waals surface area contributed by atoms with Crippen molar-refractivity contribution in [1.82, 2.24) is 5.32 Å². The van der Waals surface area contributed by atoms with E-state index in [1.165, 1.54) is 38.5 Å². The van der Waals surface area contributed by atoms with E-state index in [1.807, 2.05) is 0 Å². The van der Waals surface area contributed by atoms with Gasteiger partial charge in [-0.3, -0.25) is 0 Å². The predicted octanol–water partition coefficient (Wildman–Crippen LogP) is 4.59.